The average molecular weight is 368 g/mol. The van der Waals surface area contributed by atoms with Gasteiger partial charge in [-0.25, -0.2) is 4.68 Å². The minimum atomic E-state index is -0.199. The lowest BCUT2D eigenvalue weighted by Crippen LogP contribution is -2.26. The third-order valence-corrected chi connectivity index (χ3v) is 5.45. The number of methoxy groups -OCH3 is 1. The molecule has 0 bridgehead atoms. The van der Waals surface area contributed by atoms with E-state index in [0.717, 1.165) is 39.2 Å². The minimum Gasteiger partial charge on any atom is -0.497 e. The summed E-state index contributed by atoms with van der Waals surface area (Å²) in [5.41, 5.74) is 5.07. The van der Waals surface area contributed by atoms with E-state index in [9.17, 15) is 0 Å². The summed E-state index contributed by atoms with van der Waals surface area (Å²) in [6, 6.07) is 14.2. The van der Waals surface area contributed by atoms with Crippen LogP contribution in [0.15, 0.2) is 72.2 Å². The summed E-state index contributed by atoms with van der Waals surface area (Å²) >= 11 is 0. The first-order valence-corrected chi connectivity index (χ1v) is 9.24. The van der Waals surface area contributed by atoms with Crippen LogP contribution in [0.2, 0.25) is 0 Å². The highest BCUT2D eigenvalue weighted by atomic mass is 16.5. The van der Waals surface area contributed by atoms with E-state index >= 15 is 0 Å². The number of nitrogens with zero attached hydrogens (tertiary/aromatic N) is 4. The Labute approximate surface area is 163 Å². The van der Waals surface area contributed by atoms with Crippen molar-refractivity contribution >= 4 is 22.2 Å². The standard InChI is InChI=1S/C23H20N4O/c1-23(2)20-8-7-15-12-24-10-9-19(15)21(20)26-22(23)16-13-25-27(14-16)17-5-4-6-18(11-17)28-3/h4-14H,1-3H3. The molecular weight excluding hydrogens is 348 g/mol. The summed E-state index contributed by atoms with van der Waals surface area (Å²) in [7, 11) is 1.67. The molecule has 0 N–H and O–H groups in total. The van der Waals surface area contributed by atoms with Crippen molar-refractivity contribution in [1.82, 2.24) is 14.8 Å². The Morgan fingerprint density at radius 3 is 2.79 bits per heavy atom. The van der Waals surface area contributed by atoms with E-state index in [0.29, 0.717) is 0 Å². The van der Waals surface area contributed by atoms with Crippen LogP contribution in [0.25, 0.3) is 16.5 Å². The Morgan fingerprint density at radius 1 is 1.04 bits per heavy atom. The number of ether oxygens (including phenoxy) is 1. The Morgan fingerprint density at radius 2 is 1.93 bits per heavy atom. The van der Waals surface area contributed by atoms with E-state index < -0.39 is 0 Å². The number of aliphatic imine (C=N–C) groups is 1. The van der Waals surface area contributed by atoms with E-state index in [1.54, 1.807) is 7.11 Å². The van der Waals surface area contributed by atoms with Gasteiger partial charge >= 0.3 is 0 Å². The van der Waals surface area contributed by atoms with E-state index in [1.165, 1.54) is 5.56 Å². The fourth-order valence-corrected chi connectivity index (χ4v) is 3.92. The van der Waals surface area contributed by atoms with Gasteiger partial charge in [-0.3, -0.25) is 9.98 Å². The molecule has 4 aromatic rings. The van der Waals surface area contributed by atoms with E-state index in [1.807, 2.05) is 59.8 Å². The van der Waals surface area contributed by atoms with Crippen LogP contribution < -0.4 is 4.74 Å². The molecule has 0 saturated carbocycles. The molecule has 0 fully saturated rings. The van der Waals surface area contributed by atoms with Crippen molar-refractivity contribution in [3.63, 3.8) is 0 Å². The quantitative estimate of drug-likeness (QED) is 0.520. The lowest BCUT2D eigenvalue weighted by atomic mass is 9.79. The van der Waals surface area contributed by atoms with Gasteiger partial charge in [-0.2, -0.15) is 5.10 Å². The minimum absolute atomic E-state index is 0.199. The molecule has 1 aliphatic rings. The highest BCUT2D eigenvalue weighted by Gasteiger charge is 2.37. The second kappa shape index (κ2) is 6.02. The van der Waals surface area contributed by atoms with Crippen LogP contribution in [0, 0.1) is 0 Å². The Balaban J connectivity index is 1.61. The largest absolute Gasteiger partial charge is 0.497 e. The molecule has 5 nitrogen and oxygen atoms in total. The van der Waals surface area contributed by atoms with Gasteiger partial charge in [0.1, 0.15) is 5.75 Å². The molecule has 0 aliphatic carbocycles. The van der Waals surface area contributed by atoms with Crippen molar-refractivity contribution in [2.75, 3.05) is 7.11 Å². The smallest absolute Gasteiger partial charge is 0.121 e. The van der Waals surface area contributed by atoms with Gasteiger partial charge in [0.05, 0.1) is 30.4 Å². The number of hydrogen-bond acceptors (Lipinski definition) is 4. The summed E-state index contributed by atoms with van der Waals surface area (Å²) < 4.78 is 7.19. The van der Waals surface area contributed by atoms with Crippen LogP contribution in [0.4, 0.5) is 5.69 Å². The Bertz CT molecular complexity index is 1240. The average Bonchev–Trinajstić information content (AvgIpc) is 3.30. The van der Waals surface area contributed by atoms with Gasteiger partial charge in [0, 0.05) is 46.4 Å². The second-order valence-electron chi connectivity index (χ2n) is 7.52. The number of fused-ring (bicyclic) bond motifs is 3. The van der Waals surface area contributed by atoms with Gasteiger partial charge < -0.3 is 4.74 Å². The van der Waals surface area contributed by atoms with Gasteiger partial charge in [0.25, 0.3) is 0 Å². The van der Waals surface area contributed by atoms with Crippen molar-refractivity contribution < 1.29 is 4.74 Å². The molecule has 0 spiro atoms. The molecule has 5 rings (SSSR count). The third kappa shape index (κ3) is 2.43. The fourth-order valence-electron chi connectivity index (χ4n) is 3.92. The van der Waals surface area contributed by atoms with Crippen LogP contribution >= 0.6 is 0 Å². The molecule has 0 atom stereocenters. The van der Waals surface area contributed by atoms with Crippen molar-refractivity contribution in [2.24, 2.45) is 4.99 Å². The van der Waals surface area contributed by atoms with E-state index in [2.05, 4.69) is 36.1 Å². The van der Waals surface area contributed by atoms with Crippen LogP contribution in [0.5, 0.6) is 5.75 Å². The van der Waals surface area contributed by atoms with Gasteiger partial charge in [-0.05, 0) is 23.8 Å². The van der Waals surface area contributed by atoms with Crippen molar-refractivity contribution in [3.8, 4) is 11.4 Å². The van der Waals surface area contributed by atoms with Crippen LogP contribution in [-0.2, 0) is 5.41 Å². The molecule has 0 radical (unpaired) electrons. The molecule has 3 heterocycles. The molecule has 2 aromatic heterocycles. The summed E-state index contributed by atoms with van der Waals surface area (Å²) in [4.78, 5) is 9.29. The number of aromatic nitrogens is 3. The molecule has 5 heteroatoms. The number of rotatable bonds is 3. The summed E-state index contributed by atoms with van der Waals surface area (Å²) in [5, 5.41) is 6.81. The van der Waals surface area contributed by atoms with Crippen LogP contribution in [0.1, 0.15) is 25.0 Å². The van der Waals surface area contributed by atoms with Gasteiger partial charge in [-0.15, -0.1) is 0 Å². The molecule has 0 amide bonds. The SMILES string of the molecule is COc1cccc(-n2cc(C3=Nc4c(ccc5cnccc45)C3(C)C)cn2)c1. The van der Waals surface area contributed by atoms with Crippen molar-refractivity contribution in [1.29, 1.82) is 0 Å². The van der Waals surface area contributed by atoms with Gasteiger partial charge in [-0.1, -0.05) is 32.0 Å². The molecule has 28 heavy (non-hydrogen) atoms. The maximum absolute atomic E-state index is 5.33. The predicted octanol–water partition coefficient (Wildman–Crippen LogP) is 4.84. The van der Waals surface area contributed by atoms with Crippen LogP contribution in [0.3, 0.4) is 0 Å². The molecule has 0 saturated heterocycles. The summed E-state index contributed by atoms with van der Waals surface area (Å²) in [5.74, 6) is 0.806. The molecule has 0 unspecified atom stereocenters. The first-order valence-electron chi connectivity index (χ1n) is 9.24. The number of hydrogen-bond donors (Lipinski definition) is 0. The van der Waals surface area contributed by atoms with Gasteiger partial charge in [0.15, 0.2) is 0 Å². The summed E-state index contributed by atoms with van der Waals surface area (Å²) in [6.07, 6.45) is 7.63. The maximum Gasteiger partial charge on any atom is 0.121 e. The maximum atomic E-state index is 5.33. The number of benzene rings is 2. The highest BCUT2D eigenvalue weighted by Crippen LogP contribution is 2.45. The predicted molar refractivity (Wildman–Crippen MR) is 111 cm³/mol. The molecule has 1 aliphatic heterocycles. The number of pyridine rings is 1. The Kier molecular flexibility index (Phi) is 3.59. The van der Waals surface area contributed by atoms with Gasteiger partial charge in [0.2, 0.25) is 0 Å². The zero-order chi connectivity index (χ0) is 19.3. The lowest BCUT2D eigenvalue weighted by molar-refractivity contribution is 0.414. The first-order chi connectivity index (χ1) is 13.6. The highest BCUT2D eigenvalue weighted by molar-refractivity contribution is 6.15. The van der Waals surface area contributed by atoms with E-state index in [-0.39, 0.29) is 5.41 Å². The van der Waals surface area contributed by atoms with E-state index in [4.69, 9.17) is 9.73 Å². The molecular formula is C23H20N4O. The monoisotopic (exact) mass is 368 g/mol. The lowest BCUT2D eigenvalue weighted by Gasteiger charge is -2.21. The molecule has 138 valence electrons. The second-order valence-corrected chi connectivity index (χ2v) is 7.52. The topological polar surface area (TPSA) is 52.3 Å². The first kappa shape index (κ1) is 16.7. The fraction of sp³-hybridized carbons (Fsp3) is 0.174. The zero-order valence-corrected chi connectivity index (χ0v) is 16.0. The Hall–Kier alpha value is -3.47. The van der Waals surface area contributed by atoms with Crippen molar-refractivity contribution in [3.05, 3.63) is 78.4 Å². The zero-order valence-electron chi connectivity index (χ0n) is 16.0. The van der Waals surface area contributed by atoms with Crippen molar-refractivity contribution in [2.45, 2.75) is 19.3 Å². The summed E-state index contributed by atoms with van der Waals surface area (Å²) in [6.45, 7) is 4.43. The third-order valence-electron chi connectivity index (χ3n) is 5.45. The molecule has 2 aromatic carbocycles. The van der Waals surface area contributed by atoms with Crippen LogP contribution in [-0.4, -0.2) is 27.6 Å². The normalized spacial score (nSPS) is 14.8.